The lowest BCUT2D eigenvalue weighted by Crippen LogP contribution is -1.99. The van der Waals surface area contributed by atoms with E-state index in [0.717, 1.165) is 4.88 Å². The van der Waals surface area contributed by atoms with Crippen LogP contribution in [0.2, 0.25) is 0 Å². The number of aromatic carboxylic acids is 1. The van der Waals surface area contributed by atoms with E-state index in [1.165, 1.54) is 11.3 Å². The van der Waals surface area contributed by atoms with Gasteiger partial charge in [0.1, 0.15) is 12.4 Å². The first-order valence-corrected chi connectivity index (χ1v) is 5.04. The molecule has 0 saturated carbocycles. The highest BCUT2D eigenvalue weighted by Gasteiger charge is 2.14. The quantitative estimate of drug-likeness (QED) is 0.780. The third-order valence-corrected chi connectivity index (χ3v) is 2.61. The molecule has 4 heteroatoms. The Labute approximate surface area is 86.6 Å². The molecule has 14 heavy (non-hydrogen) atoms. The van der Waals surface area contributed by atoms with E-state index >= 15 is 0 Å². The molecule has 0 radical (unpaired) electrons. The minimum absolute atomic E-state index is 0.270. The summed E-state index contributed by atoms with van der Waals surface area (Å²) in [6.07, 6.45) is 3.69. The largest absolute Gasteiger partial charge is 0.488 e. The Morgan fingerprint density at radius 3 is 3.00 bits per heavy atom. The number of hydrogen-bond acceptors (Lipinski definition) is 3. The number of ether oxygens (including phenoxy) is 1. The lowest BCUT2D eigenvalue weighted by Gasteiger charge is -2.00. The summed E-state index contributed by atoms with van der Waals surface area (Å²) in [6, 6.07) is 1.75. The Kier molecular flexibility index (Phi) is 3.71. The number of rotatable bonds is 4. The van der Waals surface area contributed by atoms with Crippen molar-refractivity contribution in [3.05, 3.63) is 28.0 Å². The number of carbonyl (C=O) groups is 1. The van der Waals surface area contributed by atoms with Gasteiger partial charge in [-0.1, -0.05) is 12.2 Å². The molecule has 1 N–H and O–H groups in total. The van der Waals surface area contributed by atoms with Gasteiger partial charge in [0.2, 0.25) is 0 Å². The van der Waals surface area contributed by atoms with Gasteiger partial charge in [-0.25, -0.2) is 4.79 Å². The van der Waals surface area contributed by atoms with Crippen molar-refractivity contribution in [1.82, 2.24) is 0 Å². The molecule has 3 nitrogen and oxygen atoms in total. The van der Waals surface area contributed by atoms with E-state index in [0.29, 0.717) is 12.4 Å². The molecule has 76 valence electrons. The third-order valence-electron chi connectivity index (χ3n) is 1.59. The Morgan fingerprint density at radius 1 is 1.71 bits per heavy atom. The molecular formula is C10H12O3S. The van der Waals surface area contributed by atoms with Crippen LogP contribution in [-0.2, 0) is 0 Å². The minimum atomic E-state index is -0.932. The average Bonchev–Trinajstić information content (AvgIpc) is 2.47. The van der Waals surface area contributed by atoms with Crippen molar-refractivity contribution < 1.29 is 14.6 Å². The summed E-state index contributed by atoms with van der Waals surface area (Å²) >= 11 is 1.23. The highest BCUT2D eigenvalue weighted by atomic mass is 32.1. The normalized spacial score (nSPS) is 10.7. The van der Waals surface area contributed by atoms with Crippen LogP contribution in [0.5, 0.6) is 5.75 Å². The van der Waals surface area contributed by atoms with Crippen molar-refractivity contribution in [1.29, 1.82) is 0 Å². The lowest BCUT2D eigenvalue weighted by atomic mass is 10.4. The molecule has 0 aliphatic carbocycles. The van der Waals surface area contributed by atoms with Crippen molar-refractivity contribution in [2.24, 2.45) is 0 Å². The molecule has 1 rings (SSSR count). The predicted octanol–water partition coefficient (Wildman–Crippen LogP) is 2.71. The van der Waals surface area contributed by atoms with Gasteiger partial charge >= 0.3 is 5.97 Å². The minimum Gasteiger partial charge on any atom is -0.488 e. The van der Waals surface area contributed by atoms with Gasteiger partial charge in [-0.15, -0.1) is 11.3 Å². The van der Waals surface area contributed by atoms with Crippen LogP contribution in [-0.4, -0.2) is 17.7 Å². The van der Waals surface area contributed by atoms with Crippen LogP contribution in [0.3, 0.4) is 0 Å². The van der Waals surface area contributed by atoms with Crippen LogP contribution < -0.4 is 4.74 Å². The second kappa shape index (κ2) is 4.81. The molecule has 1 aromatic heterocycles. The molecule has 0 saturated heterocycles. The van der Waals surface area contributed by atoms with E-state index < -0.39 is 5.97 Å². The zero-order chi connectivity index (χ0) is 10.6. The third kappa shape index (κ3) is 2.60. The van der Waals surface area contributed by atoms with Gasteiger partial charge < -0.3 is 9.84 Å². The molecule has 0 aliphatic rings. The summed E-state index contributed by atoms with van der Waals surface area (Å²) in [5.41, 5.74) is 0. The predicted molar refractivity (Wildman–Crippen MR) is 56.3 cm³/mol. The monoisotopic (exact) mass is 212 g/mol. The highest BCUT2D eigenvalue weighted by Crippen LogP contribution is 2.28. The Hall–Kier alpha value is -1.29. The van der Waals surface area contributed by atoms with Gasteiger partial charge in [0.05, 0.1) is 0 Å². The molecule has 0 atom stereocenters. The number of hydrogen-bond donors (Lipinski definition) is 1. The van der Waals surface area contributed by atoms with Crippen LogP contribution in [0.1, 0.15) is 21.5 Å². The van der Waals surface area contributed by atoms with Crippen LogP contribution in [0.4, 0.5) is 0 Å². The van der Waals surface area contributed by atoms with E-state index in [9.17, 15) is 4.79 Å². The number of carboxylic acids is 1. The fourth-order valence-electron chi connectivity index (χ4n) is 0.981. The maximum atomic E-state index is 10.8. The van der Waals surface area contributed by atoms with E-state index in [2.05, 4.69) is 0 Å². The van der Waals surface area contributed by atoms with Gasteiger partial charge in [0, 0.05) is 4.88 Å². The SMILES string of the molecule is CC=CCOc1cc(C)sc1C(=O)O. The molecule has 0 aromatic carbocycles. The second-order valence-corrected chi connectivity index (χ2v) is 3.99. The molecule has 1 heterocycles. The number of carboxylic acid groups (broad SMARTS) is 1. The first kappa shape index (κ1) is 10.8. The van der Waals surface area contributed by atoms with Crippen molar-refractivity contribution in [2.45, 2.75) is 13.8 Å². The Bertz CT molecular complexity index is 352. The van der Waals surface area contributed by atoms with Gasteiger partial charge in [0.25, 0.3) is 0 Å². The molecule has 0 bridgehead atoms. The summed E-state index contributed by atoms with van der Waals surface area (Å²) < 4.78 is 5.30. The standard InChI is InChI=1S/C10H12O3S/c1-3-4-5-13-8-6-7(2)14-9(8)10(11)12/h3-4,6H,5H2,1-2H3,(H,11,12). The summed E-state index contributed by atoms with van der Waals surface area (Å²) in [5, 5.41) is 8.85. The molecule has 0 aliphatic heterocycles. The van der Waals surface area contributed by atoms with Crippen LogP contribution in [0.15, 0.2) is 18.2 Å². The molecule has 0 fully saturated rings. The molecular weight excluding hydrogens is 200 g/mol. The Morgan fingerprint density at radius 2 is 2.43 bits per heavy atom. The van der Waals surface area contributed by atoms with Gasteiger partial charge in [0.15, 0.2) is 4.88 Å². The zero-order valence-electron chi connectivity index (χ0n) is 8.11. The lowest BCUT2D eigenvalue weighted by molar-refractivity contribution is 0.0698. The van der Waals surface area contributed by atoms with Crippen molar-refractivity contribution in [3.8, 4) is 5.75 Å². The fraction of sp³-hybridized carbons (Fsp3) is 0.300. The maximum Gasteiger partial charge on any atom is 0.349 e. The van der Waals surface area contributed by atoms with E-state index in [1.807, 2.05) is 26.0 Å². The smallest absolute Gasteiger partial charge is 0.349 e. The fourth-order valence-corrected chi connectivity index (χ4v) is 1.77. The maximum absolute atomic E-state index is 10.8. The number of allylic oxidation sites excluding steroid dienone is 1. The average molecular weight is 212 g/mol. The Balaban J connectivity index is 2.79. The van der Waals surface area contributed by atoms with Crippen LogP contribution in [0.25, 0.3) is 0 Å². The zero-order valence-corrected chi connectivity index (χ0v) is 8.93. The van der Waals surface area contributed by atoms with Gasteiger partial charge in [-0.2, -0.15) is 0 Å². The van der Waals surface area contributed by atoms with Gasteiger partial charge in [-0.3, -0.25) is 0 Å². The first-order valence-electron chi connectivity index (χ1n) is 4.23. The van der Waals surface area contributed by atoms with Gasteiger partial charge in [-0.05, 0) is 19.9 Å². The first-order chi connectivity index (χ1) is 6.65. The summed E-state index contributed by atoms with van der Waals surface area (Å²) in [5.74, 6) is -0.475. The van der Waals surface area contributed by atoms with E-state index in [-0.39, 0.29) is 4.88 Å². The number of thiophene rings is 1. The van der Waals surface area contributed by atoms with Crippen LogP contribution >= 0.6 is 11.3 Å². The second-order valence-electron chi connectivity index (χ2n) is 2.74. The summed E-state index contributed by atoms with van der Waals surface area (Å²) in [4.78, 5) is 12.0. The van der Waals surface area contributed by atoms with Crippen molar-refractivity contribution >= 4 is 17.3 Å². The van der Waals surface area contributed by atoms with Crippen molar-refractivity contribution in [2.75, 3.05) is 6.61 Å². The highest BCUT2D eigenvalue weighted by molar-refractivity contribution is 7.14. The molecule has 0 amide bonds. The van der Waals surface area contributed by atoms with Crippen molar-refractivity contribution in [3.63, 3.8) is 0 Å². The molecule has 0 spiro atoms. The van der Waals surface area contributed by atoms with E-state index in [4.69, 9.17) is 9.84 Å². The topological polar surface area (TPSA) is 46.5 Å². The molecule has 0 unspecified atom stereocenters. The van der Waals surface area contributed by atoms with Crippen LogP contribution in [0, 0.1) is 6.92 Å². The summed E-state index contributed by atoms with van der Waals surface area (Å²) in [7, 11) is 0. The molecule has 1 aromatic rings. The number of aryl methyl sites for hydroxylation is 1. The van der Waals surface area contributed by atoms with E-state index in [1.54, 1.807) is 6.07 Å². The summed E-state index contributed by atoms with van der Waals surface area (Å²) in [6.45, 7) is 4.16.